The van der Waals surface area contributed by atoms with Crippen LogP contribution in [-0.2, 0) is 9.53 Å². The number of hydrogen-bond donors (Lipinski definition) is 2. The second kappa shape index (κ2) is 6.27. The van der Waals surface area contributed by atoms with E-state index in [0.29, 0.717) is 0 Å². The quantitative estimate of drug-likeness (QED) is 0.802. The average molecular weight is 347 g/mol. The number of urea groups is 1. The third-order valence-electron chi connectivity index (χ3n) is 3.86. The molecule has 1 aliphatic rings. The van der Waals surface area contributed by atoms with Crippen molar-refractivity contribution in [2.45, 2.75) is 24.9 Å². The zero-order valence-electron chi connectivity index (χ0n) is 12.9. The fraction of sp³-hybridized carbons (Fsp3) is 0.500. The molecule has 2 heterocycles. The van der Waals surface area contributed by atoms with Gasteiger partial charge in [0.15, 0.2) is 0 Å². The molecule has 2 rings (SSSR count). The van der Waals surface area contributed by atoms with E-state index >= 15 is 0 Å². The SMILES string of the molecule is CCOC(=O)[C@H]1[C@@H](c2cccnc2)NC(=O)N(C)[C@@]1(O)C(F)(F)F. The van der Waals surface area contributed by atoms with Gasteiger partial charge in [0.2, 0.25) is 0 Å². The summed E-state index contributed by atoms with van der Waals surface area (Å²) in [7, 11) is 0.758. The molecule has 1 fully saturated rings. The smallest absolute Gasteiger partial charge is 0.437 e. The molecule has 10 heteroatoms. The van der Waals surface area contributed by atoms with Crippen LogP contribution < -0.4 is 5.32 Å². The van der Waals surface area contributed by atoms with Gasteiger partial charge in [0.1, 0.15) is 5.92 Å². The molecule has 24 heavy (non-hydrogen) atoms. The van der Waals surface area contributed by atoms with E-state index in [4.69, 9.17) is 4.74 Å². The Morgan fingerprint density at radius 3 is 2.71 bits per heavy atom. The second-order valence-electron chi connectivity index (χ2n) is 5.23. The maximum absolute atomic E-state index is 13.6. The molecular formula is C14H16F3N3O4. The highest BCUT2D eigenvalue weighted by molar-refractivity contribution is 5.83. The Hall–Kier alpha value is -2.36. The van der Waals surface area contributed by atoms with Gasteiger partial charge in [-0.1, -0.05) is 6.07 Å². The van der Waals surface area contributed by atoms with Gasteiger partial charge >= 0.3 is 18.2 Å². The number of ether oxygens (including phenoxy) is 1. The predicted molar refractivity (Wildman–Crippen MR) is 74.4 cm³/mol. The van der Waals surface area contributed by atoms with Gasteiger partial charge in [-0.2, -0.15) is 13.2 Å². The molecule has 1 aliphatic heterocycles. The Balaban J connectivity index is 2.61. The molecule has 0 saturated carbocycles. The number of aliphatic hydroxyl groups is 1. The van der Waals surface area contributed by atoms with E-state index in [1.165, 1.54) is 31.5 Å². The van der Waals surface area contributed by atoms with Crippen molar-refractivity contribution in [2.24, 2.45) is 5.92 Å². The summed E-state index contributed by atoms with van der Waals surface area (Å²) in [4.78, 5) is 28.0. The van der Waals surface area contributed by atoms with E-state index in [0.717, 1.165) is 7.05 Å². The summed E-state index contributed by atoms with van der Waals surface area (Å²) in [5.41, 5.74) is -3.58. The first-order valence-electron chi connectivity index (χ1n) is 7.04. The zero-order chi connectivity index (χ0) is 18.1. The van der Waals surface area contributed by atoms with Gasteiger partial charge in [-0.25, -0.2) is 4.79 Å². The number of halogens is 3. The Kier molecular flexibility index (Phi) is 4.70. The van der Waals surface area contributed by atoms with Gasteiger partial charge < -0.3 is 15.2 Å². The fourth-order valence-corrected chi connectivity index (χ4v) is 2.64. The molecule has 1 aromatic rings. The largest absolute Gasteiger partial charge is 0.466 e. The van der Waals surface area contributed by atoms with Crippen LogP contribution in [0.15, 0.2) is 24.5 Å². The monoisotopic (exact) mass is 347 g/mol. The minimum absolute atomic E-state index is 0.0570. The third kappa shape index (κ3) is 2.77. The molecule has 1 aromatic heterocycles. The summed E-state index contributed by atoms with van der Waals surface area (Å²) < 4.78 is 45.5. The highest BCUT2D eigenvalue weighted by atomic mass is 19.4. The van der Waals surface area contributed by atoms with Gasteiger partial charge in [-0.15, -0.1) is 0 Å². The van der Waals surface area contributed by atoms with Crippen LogP contribution in [0, 0.1) is 5.92 Å². The van der Waals surface area contributed by atoms with Crippen molar-refractivity contribution in [3.05, 3.63) is 30.1 Å². The Morgan fingerprint density at radius 1 is 1.54 bits per heavy atom. The van der Waals surface area contributed by atoms with Crippen molar-refractivity contribution in [2.75, 3.05) is 13.7 Å². The molecule has 0 bridgehead atoms. The first kappa shape index (κ1) is 18.0. The molecule has 2 N–H and O–H groups in total. The molecule has 7 nitrogen and oxygen atoms in total. The molecule has 132 valence electrons. The minimum atomic E-state index is -5.28. The van der Waals surface area contributed by atoms with Crippen molar-refractivity contribution in [3.63, 3.8) is 0 Å². The Morgan fingerprint density at radius 2 is 2.21 bits per heavy atom. The molecular weight excluding hydrogens is 331 g/mol. The van der Waals surface area contributed by atoms with Crippen LogP contribution in [0.25, 0.3) is 0 Å². The van der Waals surface area contributed by atoms with Gasteiger partial charge in [0.05, 0.1) is 12.6 Å². The lowest BCUT2D eigenvalue weighted by Crippen LogP contribution is -2.73. The summed E-state index contributed by atoms with van der Waals surface area (Å²) in [5, 5.41) is 12.6. The third-order valence-corrected chi connectivity index (χ3v) is 3.86. The molecule has 0 unspecified atom stereocenters. The van der Waals surface area contributed by atoms with Gasteiger partial charge in [-0.05, 0) is 18.6 Å². The van der Waals surface area contributed by atoms with Gasteiger partial charge in [-0.3, -0.25) is 14.7 Å². The molecule has 1 saturated heterocycles. The van der Waals surface area contributed by atoms with E-state index in [9.17, 15) is 27.9 Å². The number of pyridine rings is 1. The van der Waals surface area contributed by atoms with Crippen molar-refractivity contribution in [3.8, 4) is 0 Å². The lowest BCUT2D eigenvalue weighted by molar-refractivity contribution is -0.328. The van der Waals surface area contributed by atoms with Crippen LogP contribution in [0.3, 0.4) is 0 Å². The summed E-state index contributed by atoms with van der Waals surface area (Å²) in [6.07, 6.45) is -2.69. The standard InChI is InChI=1S/C14H16F3N3O4/c1-3-24-11(21)9-10(8-5-4-6-18-7-8)19-12(22)20(2)13(9,23)14(15,16)17/h4-7,9-10,23H,3H2,1-2H3,(H,19,22)/t9-,10-,13+/m1/s1. The molecule has 0 spiro atoms. The number of aromatic nitrogens is 1. The molecule has 2 amide bonds. The normalized spacial score (nSPS) is 27.6. The topological polar surface area (TPSA) is 91.8 Å². The van der Waals surface area contributed by atoms with Crippen molar-refractivity contribution >= 4 is 12.0 Å². The van der Waals surface area contributed by atoms with Crippen LogP contribution in [0.2, 0.25) is 0 Å². The predicted octanol–water partition coefficient (Wildman–Crippen LogP) is 1.21. The summed E-state index contributed by atoms with van der Waals surface area (Å²) in [5.74, 6) is -3.40. The molecule has 0 aromatic carbocycles. The highest BCUT2D eigenvalue weighted by Crippen LogP contribution is 2.46. The Bertz CT molecular complexity index is 625. The van der Waals surface area contributed by atoms with Crippen molar-refractivity contribution < 1.29 is 32.6 Å². The number of carbonyl (C=O) groups is 2. The number of esters is 1. The fourth-order valence-electron chi connectivity index (χ4n) is 2.64. The average Bonchev–Trinajstić information content (AvgIpc) is 2.52. The lowest BCUT2D eigenvalue weighted by Gasteiger charge is -2.49. The number of nitrogens with zero attached hydrogens (tertiary/aromatic N) is 2. The van der Waals surface area contributed by atoms with Crippen molar-refractivity contribution in [1.82, 2.24) is 15.2 Å². The maximum atomic E-state index is 13.6. The maximum Gasteiger partial charge on any atom is 0.437 e. The van der Waals surface area contributed by atoms with Gasteiger partial charge in [0, 0.05) is 19.4 Å². The first-order chi connectivity index (χ1) is 11.1. The lowest BCUT2D eigenvalue weighted by atomic mass is 9.81. The van der Waals surface area contributed by atoms with Gasteiger partial charge in [0.25, 0.3) is 5.72 Å². The van der Waals surface area contributed by atoms with Crippen LogP contribution in [0.5, 0.6) is 0 Å². The minimum Gasteiger partial charge on any atom is -0.466 e. The van der Waals surface area contributed by atoms with E-state index in [1.807, 2.05) is 0 Å². The first-order valence-corrected chi connectivity index (χ1v) is 7.04. The van der Waals surface area contributed by atoms with Crippen LogP contribution >= 0.6 is 0 Å². The number of rotatable bonds is 3. The summed E-state index contributed by atoms with van der Waals surface area (Å²) >= 11 is 0. The highest BCUT2D eigenvalue weighted by Gasteiger charge is 2.69. The van der Waals surface area contributed by atoms with E-state index in [2.05, 4.69) is 10.3 Å². The number of alkyl halides is 3. The molecule has 0 aliphatic carbocycles. The zero-order valence-corrected chi connectivity index (χ0v) is 12.9. The van der Waals surface area contributed by atoms with Crippen LogP contribution in [0.1, 0.15) is 18.5 Å². The van der Waals surface area contributed by atoms with E-state index in [-0.39, 0.29) is 17.1 Å². The molecule has 0 radical (unpaired) electrons. The number of hydrogen-bond acceptors (Lipinski definition) is 5. The summed E-state index contributed by atoms with van der Waals surface area (Å²) in [6.45, 7) is 1.25. The van der Waals surface area contributed by atoms with E-state index in [1.54, 1.807) is 0 Å². The number of nitrogens with one attached hydrogen (secondary N) is 1. The summed E-state index contributed by atoms with van der Waals surface area (Å²) in [6, 6.07) is 0.207. The van der Waals surface area contributed by atoms with Crippen molar-refractivity contribution in [1.29, 1.82) is 0 Å². The number of amides is 2. The Labute approximate surface area is 135 Å². The van der Waals surface area contributed by atoms with E-state index < -0.39 is 35.9 Å². The number of carbonyl (C=O) groups excluding carboxylic acids is 2. The van der Waals surface area contributed by atoms with Crippen LogP contribution in [0.4, 0.5) is 18.0 Å². The second-order valence-corrected chi connectivity index (χ2v) is 5.23. The molecule has 3 atom stereocenters. The van der Waals surface area contributed by atoms with Crippen LogP contribution in [-0.4, -0.2) is 52.5 Å².